The van der Waals surface area contributed by atoms with E-state index in [4.69, 9.17) is 10.5 Å². The van der Waals surface area contributed by atoms with Crippen LogP contribution in [0.15, 0.2) is 24.3 Å². The van der Waals surface area contributed by atoms with E-state index in [1.54, 1.807) is 38.1 Å². The van der Waals surface area contributed by atoms with Gasteiger partial charge in [-0.1, -0.05) is 19.9 Å². The fraction of sp³-hybridized carbons (Fsp3) is 0.300. The fourth-order valence-corrected chi connectivity index (χ4v) is 0.812. The molecule has 0 amide bonds. The van der Waals surface area contributed by atoms with Gasteiger partial charge in [0.15, 0.2) is 0 Å². The average molecular weight is 179 g/mol. The lowest BCUT2D eigenvalue weighted by Gasteiger charge is -2.06. The van der Waals surface area contributed by atoms with Crippen molar-refractivity contribution in [3.63, 3.8) is 0 Å². The molecule has 3 heteroatoms. The van der Waals surface area contributed by atoms with E-state index in [0.29, 0.717) is 11.4 Å². The second-order valence-electron chi connectivity index (χ2n) is 3.15. The molecule has 0 aliphatic rings. The highest BCUT2D eigenvalue weighted by molar-refractivity contribution is 5.74. The minimum Gasteiger partial charge on any atom is -0.426 e. The number of anilines is 1. The van der Waals surface area contributed by atoms with Crippen molar-refractivity contribution in [2.45, 2.75) is 13.8 Å². The zero-order valence-corrected chi connectivity index (χ0v) is 7.78. The number of carbonyl (C=O) groups excluding carboxylic acids is 1. The van der Waals surface area contributed by atoms with Gasteiger partial charge in [-0.05, 0) is 12.1 Å². The minimum atomic E-state index is -0.245. The molecule has 0 saturated carbocycles. The van der Waals surface area contributed by atoms with E-state index in [1.807, 2.05) is 0 Å². The molecule has 0 heterocycles. The maximum atomic E-state index is 11.2. The Balaban J connectivity index is 2.69. The molecule has 0 radical (unpaired) electrons. The van der Waals surface area contributed by atoms with Crippen LogP contribution in [0.2, 0.25) is 0 Å². The quantitative estimate of drug-likeness (QED) is 0.428. The summed E-state index contributed by atoms with van der Waals surface area (Å²) in [6.07, 6.45) is 0. The maximum Gasteiger partial charge on any atom is 0.313 e. The largest absolute Gasteiger partial charge is 0.426 e. The number of esters is 1. The van der Waals surface area contributed by atoms with Crippen LogP contribution in [0.4, 0.5) is 5.69 Å². The van der Waals surface area contributed by atoms with Crippen LogP contribution in [-0.4, -0.2) is 5.97 Å². The van der Waals surface area contributed by atoms with Gasteiger partial charge in [0.25, 0.3) is 0 Å². The number of nitrogen functional groups attached to an aromatic ring is 1. The van der Waals surface area contributed by atoms with E-state index in [2.05, 4.69) is 0 Å². The van der Waals surface area contributed by atoms with Gasteiger partial charge in [0.2, 0.25) is 0 Å². The predicted molar refractivity (Wildman–Crippen MR) is 51.3 cm³/mol. The molecule has 0 aliphatic heterocycles. The molecule has 0 unspecified atom stereocenters. The number of nitrogens with two attached hydrogens (primary N) is 1. The molecular weight excluding hydrogens is 166 g/mol. The van der Waals surface area contributed by atoms with Crippen LogP contribution in [0.25, 0.3) is 0 Å². The fourth-order valence-electron chi connectivity index (χ4n) is 0.812. The van der Waals surface area contributed by atoms with Crippen LogP contribution in [0.1, 0.15) is 13.8 Å². The molecule has 1 aromatic rings. The first-order valence-corrected chi connectivity index (χ1v) is 4.17. The van der Waals surface area contributed by atoms with Crippen LogP contribution in [-0.2, 0) is 4.79 Å². The van der Waals surface area contributed by atoms with E-state index in [1.165, 1.54) is 0 Å². The van der Waals surface area contributed by atoms with Gasteiger partial charge in [0.1, 0.15) is 5.75 Å². The molecule has 1 rings (SSSR count). The first-order valence-electron chi connectivity index (χ1n) is 4.17. The summed E-state index contributed by atoms with van der Waals surface area (Å²) in [5.74, 6) is 0.130. The third kappa shape index (κ3) is 2.78. The second-order valence-corrected chi connectivity index (χ2v) is 3.15. The van der Waals surface area contributed by atoms with Crippen molar-refractivity contribution < 1.29 is 9.53 Å². The number of benzene rings is 1. The number of carbonyl (C=O) groups is 1. The summed E-state index contributed by atoms with van der Waals surface area (Å²) < 4.78 is 5.04. The molecule has 70 valence electrons. The van der Waals surface area contributed by atoms with Gasteiger partial charge in [-0.3, -0.25) is 4.79 Å². The Morgan fingerprint density at radius 1 is 1.46 bits per heavy atom. The third-order valence-corrected chi connectivity index (χ3v) is 1.55. The molecule has 0 saturated heterocycles. The lowest BCUT2D eigenvalue weighted by molar-refractivity contribution is -0.137. The van der Waals surface area contributed by atoms with Crippen LogP contribution in [0, 0.1) is 5.92 Å². The molecular formula is C10H13NO2. The Bertz CT molecular complexity index is 308. The van der Waals surface area contributed by atoms with Crippen molar-refractivity contribution in [3.05, 3.63) is 24.3 Å². The summed E-state index contributed by atoms with van der Waals surface area (Å²) in [7, 11) is 0. The molecule has 0 aromatic heterocycles. The van der Waals surface area contributed by atoms with Gasteiger partial charge in [0.05, 0.1) is 5.92 Å². The smallest absolute Gasteiger partial charge is 0.313 e. The Morgan fingerprint density at radius 2 is 2.15 bits per heavy atom. The first kappa shape index (κ1) is 9.58. The maximum absolute atomic E-state index is 11.2. The summed E-state index contributed by atoms with van der Waals surface area (Å²) in [6, 6.07) is 6.82. The van der Waals surface area contributed by atoms with Crippen LogP contribution < -0.4 is 10.5 Å². The predicted octanol–water partition coefficient (Wildman–Crippen LogP) is 1.83. The van der Waals surface area contributed by atoms with E-state index in [0.717, 1.165) is 0 Å². The van der Waals surface area contributed by atoms with Crippen molar-refractivity contribution in [1.82, 2.24) is 0 Å². The zero-order valence-electron chi connectivity index (χ0n) is 7.78. The van der Waals surface area contributed by atoms with E-state index >= 15 is 0 Å². The lowest BCUT2D eigenvalue weighted by atomic mass is 10.2. The Labute approximate surface area is 77.5 Å². The van der Waals surface area contributed by atoms with E-state index < -0.39 is 0 Å². The van der Waals surface area contributed by atoms with Crippen molar-refractivity contribution in [2.24, 2.45) is 5.92 Å². The normalized spacial score (nSPS) is 10.1. The van der Waals surface area contributed by atoms with Gasteiger partial charge in [-0.2, -0.15) is 0 Å². The van der Waals surface area contributed by atoms with Crippen LogP contribution >= 0.6 is 0 Å². The van der Waals surface area contributed by atoms with Gasteiger partial charge in [0, 0.05) is 11.8 Å². The summed E-state index contributed by atoms with van der Waals surface area (Å²) in [5.41, 5.74) is 6.11. The number of hydrogen-bond acceptors (Lipinski definition) is 3. The molecule has 13 heavy (non-hydrogen) atoms. The molecule has 3 nitrogen and oxygen atoms in total. The van der Waals surface area contributed by atoms with Gasteiger partial charge < -0.3 is 10.5 Å². The highest BCUT2D eigenvalue weighted by atomic mass is 16.5. The molecule has 0 spiro atoms. The van der Waals surface area contributed by atoms with E-state index in [9.17, 15) is 4.79 Å². The summed E-state index contributed by atoms with van der Waals surface area (Å²) >= 11 is 0. The van der Waals surface area contributed by atoms with E-state index in [-0.39, 0.29) is 11.9 Å². The van der Waals surface area contributed by atoms with Crippen molar-refractivity contribution in [3.8, 4) is 5.75 Å². The zero-order chi connectivity index (χ0) is 9.84. The molecule has 2 N–H and O–H groups in total. The third-order valence-electron chi connectivity index (χ3n) is 1.55. The van der Waals surface area contributed by atoms with Crippen molar-refractivity contribution >= 4 is 11.7 Å². The topological polar surface area (TPSA) is 52.3 Å². The number of hydrogen-bond donors (Lipinski definition) is 1. The summed E-state index contributed by atoms with van der Waals surface area (Å²) in [5, 5.41) is 0. The Kier molecular flexibility index (Phi) is 2.90. The minimum absolute atomic E-state index is 0.124. The monoisotopic (exact) mass is 179 g/mol. The molecule has 0 aliphatic carbocycles. The Morgan fingerprint density at radius 3 is 2.69 bits per heavy atom. The SMILES string of the molecule is CC(C)C(=O)Oc1cccc(N)c1. The lowest BCUT2D eigenvalue weighted by Crippen LogP contribution is -2.14. The van der Waals surface area contributed by atoms with Gasteiger partial charge in [-0.25, -0.2) is 0 Å². The van der Waals surface area contributed by atoms with Gasteiger partial charge >= 0.3 is 5.97 Å². The van der Waals surface area contributed by atoms with Crippen LogP contribution in [0.5, 0.6) is 5.75 Å². The van der Waals surface area contributed by atoms with Crippen molar-refractivity contribution in [1.29, 1.82) is 0 Å². The standard InChI is InChI=1S/C10H13NO2/c1-7(2)10(12)13-9-5-3-4-8(11)6-9/h3-7H,11H2,1-2H3. The summed E-state index contributed by atoms with van der Waals surface area (Å²) in [4.78, 5) is 11.2. The number of ether oxygens (including phenoxy) is 1. The second kappa shape index (κ2) is 3.94. The molecule has 0 fully saturated rings. The van der Waals surface area contributed by atoms with Crippen LogP contribution in [0.3, 0.4) is 0 Å². The molecule has 1 aromatic carbocycles. The molecule has 0 bridgehead atoms. The highest BCUT2D eigenvalue weighted by Crippen LogP contribution is 2.15. The van der Waals surface area contributed by atoms with Gasteiger partial charge in [-0.15, -0.1) is 0 Å². The Hall–Kier alpha value is -1.51. The molecule has 0 atom stereocenters. The average Bonchev–Trinajstić information content (AvgIpc) is 2.04. The first-order chi connectivity index (χ1) is 6.09. The van der Waals surface area contributed by atoms with Crippen molar-refractivity contribution in [2.75, 3.05) is 5.73 Å². The number of rotatable bonds is 2. The highest BCUT2D eigenvalue weighted by Gasteiger charge is 2.09. The summed E-state index contributed by atoms with van der Waals surface area (Å²) in [6.45, 7) is 3.57.